The largest absolute Gasteiger partial charge is 0.329 e. The maximum atomic E-state index is 11.9. The Morgan fingerprint density at radius 2 is 2.06 bits per heavy atom. The van der Waals surface area contributed by atoms with Crippen LogP contribution in [0.2, 0.25) is 0 Å². The fourth-order valence-corrected chi connectivity index (χ4v) is 1.70. The maximum Gasteiger partial charge on any atom is 0.185 e. The summed E-state index contributed by atoms with van der Waals surface area (Å²) in [5, 5.41) is 7.70. The van der Waals surface area contributed by atoms with E-state index in [9.17, 15) is 4.79 Å². The van der Waals surface area contributed by atoms with E-state index in [4.69, 9.17) is 5.73 Å². The van der Waals surface area contributed by atoms with E-state index in [1.165, 1.54) is 0 Å². The van der Waals surface area contributed by atoms with Crippen molar-refractivity contribution in [2.24, 2.45) is 5.73 Å². The Morgan fingerprint density at radius 1 is 1.28 bits per heavy atom. The second-order valence-electron chi connectivity index (χ2n) is 4.06. The molecule has 5 heteroatoms. The minimum atomic E-state index is 0.0159. The summed E-state index contributed by atoms with van der Waals surface area (Å²) in [6, 6.07) is 9.93. The van der Waals surface area contributed by atoms with Crippen molar-refractivity contribution >= 4 is 5.78 Å². The summed E-state index contributed by atoms with van der Waals surface area (Å²) in [5.74, 6) is 0.0159. The molecule has 2 aromatic rings. The highest BCUT2D eigenvalue weighted by Crippen LogP contribution is 2.06. The Bertz CT molecular complexity index is 507. The Kier molecular flexibility index (Phi) is 4.20. The van der Waals surface area contributed by atoms with Gasteiger partial charge in [0.15, 0.2) is 5.78 Å². The lowest BCUT2D eigenvalue weighted by molar-refractivity contribution is 0.0978. The highest BCUT2D eigenvalue weighted by atomic mass is 16.1. The second-order valence-corrected chi connectivity index (χ2v) is 4.06. The van der Waals surface area contributed by atoms with Crippen LogP contribution in [0.1, 0.15) is 22.5 Å². The van der Waals surface area contributed by atoms with E-state index in [1.807, 2.05) is 30.3 Å². The third-order valence-electron chi connectivity index (χ3n) is 2.67. The fraction of sp³-hybridized carbons (Fsp3) is 0.308. The van der Waals surface area contributed by atoms with Crippen molar-refractivity contribution in [2.45, 2.75) is 19.4 Å². The summed E-state index contributed by atoms with van der Waals surface area (Å²) >= 11 is 0. The first-order valence-corrected chi connectivity index (χ1v) is 5.97. The quantitative estimate of drug-likeness (QED) is 0.771. The Morgan fingerprint density at radius 3 is 2.78 bits per heavy atom. The zero-order valence-corrected chi connectivity index (χ0v) is 10.1. The van der Waals surface area contributed by atoms with E-state index in [0.29, 0.717) is 25.2 Å². The van der Waals surface area contributed by atoms with Gasteiger partial charge in [-0.05, 0) is 12.0 Å². The smallest absolute Gasteiger partial charge is 0.185 e. The fourth-order valence-electron chi connectivity index (χ4n) is 1.70. The number of hydrogen-bond acceptors (Lipinski definition) is 4. The van der Waals surface area contributed by atoms with Crippen LogP contribution < -0.4 is 5.73 Å². The molecule has 1 heterocycles. The number of hydrogen-bond donors (Lipinski definition) is 1. The highest BCUT2D eigenvalue weighted by molar-refractivity contribution is 5.93. The van der Waals surface area contributed by atoms with Gasteiger partial charge < -0.3 is 5.73 Å². The standard InChI is InChI=1S/C13H16N4O/c14-8-9-17-10-12(15-16-17)13(18)7-6-11-4-2-1-3-5-11/h1-5,10H,6-9,14H2. The molecule has 0 fully saturated rings. The zero-order valence-electron chi connectivity index (χ0n) is 10.1. The zero-order chi connectivity index (χ0) is 12.8. The minimum Gasteiger partial charge on any atom is -0.329 e. The molecule has 18 heavy (non-hydrogen) atoms. The predicted octanol–water partition coefficient (Wildman–Crippen LogP) is 1.05. The molecule has 2 N–H and O–H groups in total. The molecule has 0 amide bonds. The summed E-state index contributed by atoms with van der Waals surface area (Å²) in [7, 11) is 0. The summed E-state index contributed by atoms with van der Waals surface area (Å²) in [6.45, 7) is 1.07. The number of nitrogens with two attached hydrogens (primary N) is 1. The number of carbonyl (C=O) groups is 1. The van der Waals surface area contributed by atoms with E-state index < -0.39 is 0 Å². The van der Waals surface area contributed by atoms with E-state index in [-0.39, 0.29) is 5.78 Å². The average Bonchev–Trinajstić information content (AvgIpc) is 2.86. The predicted molar refractivity (Wildman–Crippen MR) is 68.2 cm³/mol. The number of nitrogens with zero attached hydrogens (tertiary/aromatic N) is 3. The molecule has 0 atom stereocenters. The van der Waals surface area contributed by atoms with Crippen LogP contribution in [0, 0.1) is 0 Å². The van der Waals surface area contributed by atoms with Crippen molar-refractivity contribution in [2.75, 3.05) is 6.54 Å². The number of carbonyl (C=O) groups excluding carboxylic acids is 1. The third-order valence-corrected chi connectivity index (χ3v) is 2.67. The lowest BCUT2D eigenvalue weighted by atomic mass is 10.1. The minimum absolute atomic E-state index is 0.0159. The molecule has 0 bridgehead atoms. The molecule has 2 rings (SSSR count). The van der Waals surface area contributed by atoms with Crippen LogP contribution in [0.5, 0.6) is 0 Å². The monoisotopic (exact) mass is 244 g/mol. The van der Waals surface area contributed by atoms with Crippen LogP contribution >= 0.6 is 0 Å². The van der Waals surface area contributed by atoms with Gasteiger partial charge in [0.2, 0.25) is 0 Å². The third kappa shape index (κ3) is 3.24. The molecular weight excluding hydrogens is 228 g/mol. The van der Waals surface area contributed by atoms with Gasteiger partial charge in [0, 0.05) is 13.0 Å². The first-order chi connectivity index (χ1) is 8.79. The van der Waals surface area contributed by atoms with Gasteiger partial charge in [0.05, 0.1) is 12.7 Å². The number of benzene rings is 1. The Balaban J connectivity index is 1.91. The number of aryl methyl sites for hydroxylation is 1. The SMILES string of the molecule is NCCn1cc(C(=O)CCc2ccccc2)nn1. The Hall–Kier alpha value is -2.01. The van der Waals surface area contributed by atoms with Crippen LogP contribution in [-0.2, 0) is 13.0 Å². The molecular formula is C13H16N4O. The van der Waals surface area contributed by atoms with Crippen LogP contribution in [0.25, 0.3) is 0 Å². The summed E-state index contributed by atoms with van der Waals surface area (Å²) in [6.07, 6.45) is 2.83. The van der Waals surface area contributed by atoms with Crippen LogP contribution in [0.15, 0.2) is 36.5 Å². The van der Waals surface area contributed by atoms with Crippen molar-refractivity contribution in [3.05, 3.63) is 47.8 Å². The molecule has 0 saturated heterocycles. The van der Waals surface area contributed by atoms with E-state index >= 15 is 0 Å². The first-order valence-electron chi connectivity index (χ1n) is 5.97. The molecule has 94 valence electrons. The number of aromatic nitrogens is 3. The van der Waals surface area contributed by atoms with E-state index in [1.54, 1.807) is 10.9 Å². The van der Waals surface area contributed by atoms with Crippen molar-refractivity contribution in [3.63, 3.8) is 0 Å². The molecule has 0 radical (unpaired) electrons. The van der Waals surface area contributed by atoms with E-state index in [0.717, 1.165) is 12.0 Å². The molecule has 0 spiro atoms. The molecule has 1 aromatic carbocycles. The molecule has 0 aliphatic carbocycles. The lowest BCUT2D eigenvalue weighted by Crippen LogP contribution is -2.10. The van der Waals surface area contributed by atoms with Crippen LogP contribution in [0.4, 0.5) is 0 Å². The lowest BCUT2D eigenvalue weighted by Gasteiger charge is -1.98. The molecule has 0 saturated carbocycles. The normalized spacial score (nSPS) is 10.5. The molecule has 0 unspecified atom stereocenters. The summed E-state index contributed by atoms with van der Waals surface area (Å²) < 4.78 is 1.59. The van der Waals surface area contributed by atoms with Crippen molar-refractivity contribution in [1.82, 2.24) is 15.0 Å². The summed E-state index contributed by atoms with van der Waals surface area (Å²) in [5.41, 5.74) is 6.98. The maximum absolute atomic E-state index is 11.9. The van der Waals surface area contributed by atoms with Crippen molar-refractivity contribution < 1.29 is 4.79 Å². The van der Waals surface area contributed by atoms with Gasteiger partial charge in [-0.15, -0.1) is 5.10 Å². The summed E-state index contributed by atoms with van der Waals surface area (Å²) in [4.78, 5) is 11.9. The Labute approximate surface area is 106 Å². The number of Topliss-reactive ketones (excluding diaryl/α,β-unsaturated/α-hetero) is 1. The number of rotatable bonds is 6. The highest BCUT2D eigenvalue weighted by Gasteiger charge is 2.10. The van der Waals surface area contributed by atoms with Crippen molar-refractivity contribution in [3.8, 4) is 0 Å². The number of ketones is 1. The average molecular weight is 244 g/mol. The molecule has 1 aromatic heterocycles. The van der Waals surface area contributed by atoms with Gasteiger partial charge in [-0.2, -0.15) is 0 Å². The topological polar surface area (TPSA) is 73.8 Å². The molecule has 0 aliphatic rings. The van der Waals surface area contributed by atoms with E-state index in [2.05, 4.69) is 10.3 Å². The van der Waals surface area contributed by atoms with Gasteiger partial charge in [-0.3, -0.25) is 9.48 Å². The second kappa shape index (κ2) is 6.07. The van der Waals surface area contributed by atoms with Gasteiger partial charge in [-0.1, -0.05) is 35.5 Å². The molecule has 5 nitrogen and oxygen atoms in total. The van der Waals surface area contributed by atoms with Gasteiger partial charge in [0.25, 0.3) is 0 Å². The van der Waals surface area contributed by atoms with Gasteiger partial charge >= 0.3 is 0 Å². The van der Waals surface area contributed by atoms with Crippen LogP contribution in [-0.4, -0.2) is 27.3 Å². The molecule has 0 aliphatic heterocycles. The van der Waals surface area contributed by atoms with Gasteiger partial charge in [0.1, 0.15) is 5.69 Å². The van der Waals surface area contributed by atoms with Gasteiger partial charge in [-0.25, -0.2) is 0 Å². The van der Waals surface area contributed by atoms with Crippen molar-refractivity contribution in [1.29, 1.82) is 0 Å². The first kappa shape index (κ1) is 12.4. The van der Waals surface area contributed by atoms with Crippen LogP contribution in [0.3, 0.4) is 0 Å².